The first-order valence-electron chi connectivity index (χ1n) is 10.1. The van der Waals surface area contributed by atoms with Crippen LogP contribution in [-0.4, -0.2) is 64.3 Å². The molecule has 172 valence electrons. The third-order valence-corrected chi connectivity index (χ3v) is 7.63. The van der Waals surface area contributed by atoms with Gasteiger partial charge in [0.25, 0.3) is 0 Å². The average molecular weight is 480 g/mol. The SMILES string of the molecule is COc1ccc(S(=O)(=O)CCC(=O)N(CCCN(C)C)c2nc3ccc(F)cc3s2)cc1. The number of fused-ring (bicyclic) bond motifs is 1. The smallest absolute Gasteiger partial charge is 0.229 e. The molecule has 0 N–H and O–H groups in total. The van der Waals surface area contributed by atoms with E-state index in [2.05, 4.69) is 4.98 Å². The second kappa shape index (κ2) is 10.4. The molecule has 10 heteroatoms. The molecular formula is C22H26FN3O4S2. The van der Waals surface area contributed by atoms with Gasteiger partial charge in [0.2, 0.25) is 5.91 Å². The molecule has 0 bridgehead atoms. The van der Waals surface area contributed by atoms with Crippen LogP contribution in [0.25, 0.3) is 10.2 Å². The maximum atomic E-state index is 13.6. The minimum Gasteiger partial charge on any atom is -0.497 e. The van der Waals surface area contributed by atoms with Crippen molar-refractivity contribution in [3.05, 3.63) is 48.3 Å². The Morgan fingerprint density at radius 2 is 1.84 bits per heavy atom. The number of rotatable bonds is 10. The normalized spacial score (nSPS) is 11.8. The van der Waals surface area contributed by atoms with Crippen LogP contribution < -0.4 is 9.64 Å². The summed E-state index contributed by atoms with van der Waals surface area (Å²) < 4.78 is 44.7. The molecule has 0 unspecified atom stereocenters. The van der Waals surface area contributed by atoms with Crippen LogP contribution in [0.1, 0.15) is 12.8 Å². The van der Waals surface area contributed by atoms with Crippen LogP contribution in [0.3, 0.4) is 0 Å². The molecule has 0 radical (unpaired) electrons. The van der Waals surface area contributed by atoms with Crippen molar-refractivity contribution in [2.75, 3.05) is 44.9 Å². The molecule has 0 aliphatic carbocycles. The Morgan fingerprint density at radius 1 is 1.12 bits per heavy atom. The minimum atomic E-state index is -3.64. The fourth-order valence-electron chi connectivity index (χ4n) is 3.13. The highest BCUT2D eigenvalue weighted by atomic mass is 32.2. The highest BCUT2D eigenvalue weighted by Gasteiger charge is 2.23. The summed E-state index contributed by atoms with van der Waals surface area (Å²) in [6, 6.07) is 10.4. The maximum absolute atomic E-state index is 13.6. The number of benzene rings is 2. The van der Waals surface area contributed by atoms with Gasteiger partial charge in [0.05, 0.1) is 28.0 Å². The van der Waals surface area contributed by atoms with Gasteiger partial charge in [-0.2, -0.15) is 0 Å². The van der Waals surface area contributed by atoms with Crippen molar-refractivity contribution in [2.24, 2.45) is 0 Å². The van der Waals surface area contributed by atoms with Crippen LogP contribution >= 0.6 is 11.3 Å². The zero-order chi connectivity index (χ0) is 23.3. The number of aromatic nitrogens is 1. The Balaban J connectivity index is 1.77. The molecular weight excluding hydrogens is 453 g/mol. The van der Waals surface area contributed by atoms with E-state index in [1.54, 1.807) is 18.2 Å². The number of sulfone groups is 1. The molecule has 1 aromatic heterocycles. The molecule has 0 spiro atoms. The molecule has 0 aliphatic heterocycles. The number of halogens is 1. The lowest BCUT2D eigenvalue weighted by Gasteiger charge is -2.21. The largest absolute Gasteiger partial charge is 0.497 e. The monoisotopic (exact) mass is 479 g/mol. The molecule has 1 heterocycles. The lowest BCUT2D eigenvalue weighted by Crippen LogP contribution is -2.34. The van der Waals surface area contributed by atoms with Gasteiger partial charge in [0.15, 0.2) is 15.0 Å². The highest BCUT2D eigenvalue weighted by molar-refractivity contribution is 7.91. The zero-order valence-corrected chi connectivity index (χ0v) is 19.9. The van der Waals surface area contributed by atoms with Gasteiger partial charge >= 0.3 is 0 Å². The van der Waals surface area contributed by atoms with E-state index >= 15 is 0 Å². The molecule has 0 aliphatic rings. The van der Waals surface area contributed by atoms with Crippen LogP contribution in [0.5, 0.6) is 5.75 Å². The van der Waals surface area contributed by atoms with Crippen LogP contribution in [-0.2, 0) is 14.6 Å². The van der Waals surface area contributed by atoms with Gasteiger partial charge in [-0.25, -0.2) is 17.8 Å². The van der Waals surface area contributed by atoms with Crippen molar-refractivity contribution >= 4 is 42.4 Å². The van der Waals surface area contributed by atoms with Crippen molar-refractivity contribution in [1.82, 2.24) is 9.88 Å². The molecule has 32 heavy (non-hydrogen) atoms. The molecule has 7 nitrogen and oxygen atoms in total. The zero-order valence-electron chi connectivity index (χ0n) is 18.2. The first kappa shape index (κ1) is 24.1. The fourth-order valence-corrected chi connectivity index (χ4v) is 5.39. The quantitative estimate of drug-likeness (QED) is 0.442. The summed E-state index contributed by atoms with van der Waals surface area (Å²) in [7, 11) is 1.74. The second-order valence-electron chi connectivity index (χ2n) is 7.56. The molecule has 0 fully saturated rings. The minimum absolute atomic E-state index is 0.140. The Kier molecular flexibility index (Phi) is 7.81. The second-order valence-corrected chi connectivity index (χ2v) is 10.7. The first-order chi connectivity index (χ1) is 15.2. The Labute approximate surface area is 191 Å². The summed E-state index contributed by atoms with van der Waals surface area (Å²) in [4.78, 5) is 21.2. The van der Waals surface area contributed by atoms with E-state index in [9.17, 15) is 17.6 Å². The standard InChI is InChI=1S/C22H26FN3O4S2/c1-25(2)12-4-13-26(22-24-19-10-5-16(23)15-20(19)31-22)21(27)11-14-32(28,29)18-8-6-17(30-3)7-9-18/h5-10,15H,4,11-14H2,1-3H3. The van der Waals surface area contributed by atoms with Crippen molar-refractivity contribution in [3.63, 3.8) is 0 Å². The van der Waals surface area contributed by atoms with Crippen LogP contribution in [0, 0.1) is 5.82 Å². The predicted octanol–water partition coefficient (Wildman–Crippen LogP) is 3.59. The van der Waals surface area contributed by atoms with Crippen molar-refractivity contribution < 1.29 is 22.3 Å². The van der Waals surface area contributed by atoms with Crippen molar-refractivity contribution in [3.8, 4) is 5.75 Å². The lowest BCUT2D eigenvalue weighted by molar-refractivity contribution is -0.118. The number of hydrogen-bond donors (Lipinski definition) is 0. The summed E-state index contributed by atoms with van der Waals surface area (Å²) in [5.74, 6) is -0.467. The molecule has 0 saturated heterocycles. The van der Waals surface area contributed by atoms with Crippen LogP contribution in [0.15, 0.2) is 47.4 Å². The third kappa shape index (κ3) is 6.02. The van der Waals surface area contributed by atoms with Crippen LogP contribution in [0.2, 0.25) is 0 Å². The Hall–Kier alpha value is -2.56. The molecule has 2 aromatic carbocycles. The number of carbonyl (C=O) groups excluding carboxylic acids is 1. The number of thiazole rings is 1. The number of amides is 1. The highest BCUT2D eigenvalue weighted by Crippen LogP contribution is 2.30. The van der Waals surface area contributed by atoms with Crippen LogP contribution in [0.4, 0.5) is 9.52 Å². The number of methoxy groups -OCH3 is 1. The molecule has 0 saturated carbocycles. The van der Waals surface area contributed by atoms with Gasteiger partial charge in [-0.3, -0.25) is 9.69 Å². The Morgan fingerprint density at radius 3 is 2.50 bits per heavy atom. The number of carbonyl (C=O) groups is 1. The maximum Gasteiger partial charge on any atom is 0.229 e. The molecule has 1 amide bonds. The predicted molar refractivity (Wildman–Crippen MR) is 125 cm³/mol. The van der Waals surface area contributed by atoms with Crippen molar-refractivity contribution in [2.45, 2.75) is 17.7 Å². The first-order valence-corrected chi connectivity index (χ1v) is 12.5. The van der Waals surface area contributed by atoms with Gasteiger partial charge < -0.3 is 9.64 Å². The summed E-state index contributed by atoms with van der Waals surface area (Å²) in [6.45, 7) is 1.15. The van der Waals surface area contributed by atoms with Gasteiger partial charge in [-0.1, -0.05) is 11.3 Å². The van der Waals surface area contributed by atoms with E-state index in [1.165, 1.54) is 47.6 Å². The summed E-state index contributed by atoms with van der Waals surface area (Å²) in [6.07, 6.45) is 0.509. The van der Waals surface area contributed by atoms with Crippen molar-refractivity contribution in [1.29, 1.82) is 0 Å². The average Bonchev–Trinajstić information content (AvgIpc) is 3.17. The topological polar surface area (TPSA) is 79.8 Å². The van der Waals surface area contributed by atoms with E-state index in [4.69, 9.17) is 4.74 Å². The van der Waals surface area contributed by atoms with E-state index in [-0.39, 0.29) is 28.8 Å². The van der Waals surface area contributed by atoms with E-state index < -0.39 is 9.84 Å². The summed E-state index contributed by atoms with van der Waals surface area (Å²) in [5.41, 5.74) is 0.600. The number of nitrogens with zero attached hydrogens (tertiary/aromatic N) is 3. The number of anilines is 1. The van der Waals surface area contributed by atoms with E-state index in [1.807, 2.05) is 19.0 Å². The van der Waals surface area contributed by atoms with Gasteiger partial charge in [0, 0.05) is 13.0 Å². The van der Waals surface area contributed by atoms with E-state index in [0.717, 1.165) is 6.54 Å². The number of hydrogen-bond acceptors (Lipinski definition) is 7. The van der Waals surface area contributed by atoms with Gasteiger partial charge in [-0.15, -0.1) is 0 Å². The third-order valence-electron chi connectivity index (χ3n) is 4.86. The van der Waals surface area contributed by atoms with E-state index in [0.29, 0.717) is 34.1 Å². The van der Waals surface area contributed by atoms with Gasteiger partial charge in [-0.05, 0) is 69.5 Å². The Bertz CT molecular complexity index is 1180. The van der Waals surface area contributed by atoms with Gasteiger partial charge in [0.1, 0.15) is 11.6 Å². The summed E-state index contributed by atoms with van der Waals surface area (Å²) >= 11 is 1.22. The fraction of sp³-hybridized carbons (Fsp3) is 0.364. The number of ether oxygens (including phenoxy) is 1. The molecule has 3 aromatic rings. The molecule has 3 rings (SSSR count). The summed E-state index contributed by atoms with van der Waals surface area (Å²) in [5, 5.41) is 0.441. The molecule has 0 atom stereocenters. The lowest BCUT2D eigenvalue weighted by atomic mass is 10.3.